The molecule has 0 aliphatic carbocycles. The van der Waals surface area contributed by atoms with Crippen molar-refractivity contribution in [3.05, 3.63) is 29.8 Å². The van der Waals surface area contributed by atoms with E-state index >= 15 is 0 Å². The van der Waals surface area contributed by atoms with E-state index in [0.717, 1.165) is 7.05 Å². The van der Waals surface area contributed by atoms with E-state index in [1.165, 1.54) is 30.5 Å². The number of ether oxygens (including phenoxy) is 2. The van der Waals surface area contributed by atoms with Crippen molar-refractivity contribution in [2.24, 2.45) is 5.92 Å². The van der Waals surface area contributed by atoms with Crippen molar-refractivity contribution in [1.29, 1.82) is 5.26 Å². The second-order valence-corrected chi connectivity index (χ2v) is 8.84. The van der Waals surface area contributed by atoms with Crippen LogP contribution < -0.4 is 10.1 Å². The van der Waals surface area contributed by atoms with E-state index in [2.05, 4.69) is 10.1 Å². The zero-order valence-corrected chi connectivity index (χ0v) is 17.5. The SMILES string of the molecule is CC(C)COC(=O)N[C@@H](CS(=O)(=O)Cc1ccccc1OC(F)F)C(=O)N(C)C#N. The third-order valence-corrected chi connectivity index (χ3v) is 5.20. The van der Waals surface area contributed by atoms with Gasteiger partial charge in [-0.3, -0.25) is 9.69 Å². The molecule has 0 aliphatic rings. The molecule has 1 rings (SSSR count). The summed E-state index contributed by atoms with van der Waals surface area (Å²) in [6.45, 7) is 0.446. The lowest BCUT2D eigenvalue weighted by molar-refractivity contribution is -0.128. The maximum absolute atomic E-state index is 12.6. The first-order valence-electron chi connectivity index (χ1n) is 8.79. The second kappa shape index (κ2) is 11.3. The van der Waals surface area contributed by atoms with Gasteiger partial charge in [0.1, 0.15) is 11.8 Å². The number of nitrogens with zero attached hydrogens (tertiary/aromatic N) is 2. The Morgan fingerprint density at radius 3 is 2.47 bits per heavy atom. The molecule has 0 radical (unpaired) electrons. The van der Waals surface area contributed by atoms with Gasteiger partial charge >= 0.3 is 12.7 Å². The van der Waals surface area contributed by atoms with Crippen LogP contribution in [-0.4, -0.2) is 57.4 Å². The number of amides is 2. The lowest BCUT2D eigenvalue weighted by Gasteiger charge is -2.20. The number of hydrogen-bond acceptors (Lipinski definition) is 7. The third-order valence-electron chi connectivity index (χ3n) is 3.60. The highest BCUT2D eigenvalue weighted by Crippen LogP contribution is 2.23. The summed E-state index contributed by atoms with van der Waals surface area (Å²) >= 11 is 0. The number of carbonyl (C=O) groups is 2. The number of para-hydroxylation sites is 1. The first-order chi connectivity index (χ1) is 13.9. The van der Waals surface area contributed by atoms with Gasteiger partial charge in [0.05, 0.1) is 18.1 Å². The number of benzene rings is 1. The van der Waals surface area contributed by atoms with Crippen molar-refractivity contribution >= 4 is 21.8 Å². The molecule has 12 heteroatoms. The quantitative estimate of drug-likeness (QED) is 0.429. The molecule has 1 atom stereocenters. The molecule has 2 amide bonds. The number of alkyl halides is 2. The summed E-state index contributed by atoms with van der Waals surface area (Å²) in [4.78, 5) is 24.8. The maximum Gasteiger partial charge on any atom is 0.407 e. The Morgan fingerprint density at radius 1 is 1.27 bits per heavy atom. The second-order valence-electron chi connectivity index (χ2n) is 6.73. The van der Waals surface area contributed by atoms with E-state index in [4.69, 9.17) is 10.00 Å². The molecule has 0 spiro atoms. The maximum atomic E-state index is 12.6. The minimum absolute atomic E-state index is 0.00162. The van der Waals surface area contributed by atoms with Crippen LogP contribution in [0.2, 0.25) is 0 Å². The Labute approximate surface area is 173 Å². The first kappa shape index (κ1) is 25.1. The lowest BCUT2D eigenvalue weighted by Crippen LogP contribution is -2.50. The molecule has 1 aromatic rings. The highest BCUT2D eigenvalue weighted by molar-refractivity contribution is 7.90. The van der Waals surface area contributed by atoms with Crippen LogP contribution >= 0.6 is 0 Å². The van der Waals surface area contributed by atoms with Crippen LogP contribution in [0.15, 0.2) is 24.3 Å². The molecule has 30 heavy (non-hydrogen) atoms. The number of nitrogens with one attached hydrogen (secondary N) is 1. The zero-order valence-electron chi connectivity index (χ0n) is 16.7. The highest BCUT2D eigenvalue weighted by Gasteiger charge is 2.31. The smallest absolute Gasteiger partial charge is 0.407 e. The van der Waals surface area contributed by atoms with Crippen molar-refractivity contribution in [2.45, 2.75) is 32.3 Å². The fraction of sp³-hybridized carbons (Fsp3) is 0.500. The van der Waals surface area contributed by atoms with Crippen LogP contribution in [0.4, 0.5) is 13.6 Å². The number of rotatable bonds is 10. The van der Waals surface area contributed by atoms with Crippen LogP contribution in [-0.2, 0) is 25.1 Å². The van der Waals surface area contributed by atoms with E-state index < -0.39 is 46.0 Å². The molecule has 0 unspecified atom stereocenters. The Kier molecular flexibility index (Phi) is 9.45. The summed E-state index contributed by atoms with van der Waals surface area (Å²) in [7, 11) is -3.00. The lowest BCUT2D eigenvalue weighted by atomic mass is 10.2. The summed E-state index contributed by atoms with van der Waals surface area (Å²) in [5.41, 5.74) is -0.0416. The number of likely N-dealkylation sites (N-methyl/N-ethyl adjacent to an activating group) is 1. The summed E-state index contributed by atoms with van der Waals surface area (Å²) in [5, 5.41) is 11.0. The monoisotopic (exact) mass is 447 g/mol. The van der Waals surface area contributed by atoms with E-state index in [-0.39, 0.29) is 23.8 Å². The molecule has 0 saturated carbocycles. The predicted molar refractivity (Wildman–Crippen MR) is 102 cm³/mol. The Bertz CT molecular complexity index is 886. The molecule has 166 valence electrons. The number of nitriles is 1. The number of alkyl carbamates (subject to hydrolysis) is 1. The number of hydrogen-bond donors (Lipinski definition) is 1. The molecule has 0 aliphatic heterocycles. The highest BCUT2D eigenvalue weighted by atomic mass is 32.2. The van der Waals surface area contributed by atoms with Gasteiger partial charge in [-0.05, 0) is 12.0 Å². The molecule has 9 nitrogen and oxygen atoms in total. The number of carbonyl (C=O) groups excluding carboxylic acids is 2. The molecule has 1 aromatic carbocycles. The Morgan fingerprint density at radius 2 is 1.90 bits per heavy atom. The van der Waals surface area contributed by atoms with Gasteiger partial charge in [-0.15, -0.1) is 0 Å². The van der Waals surface area contributed by atoms with Crippen molar-refractivity contribution in [3.8, 4) is 11.9 Å². The van der Waals surface area contributed by atoms with Crippen LogP contribution in [0, 0.1) is 17.4 Å². The molecule has 0 saturated heterocycles. The van der Waals surface area contributed by atoms with E-state index in [0.29, 0.717) is 4.90 Å². The summed E-state index contributed by atoms with van der Waals surface area (Å²) in [5.74, 6) is -2.89. The van der Waals surface area contributed by atoms with Gasteiger partial charge in [0.2, 0.25) is 0 Å². The van der Waals surface area contributed by atoms with Gasteiger partial charge in [-0.2, -0.15) is 14.0 Å². The van der Waals surface area contributed by atoms with E-state index in [1.54, 1.807) is 13.8 Å². The van der Waals surface area contributed by atoms with E-state index in [9.17, 15) is 26.8 Å². The Balaban J connectivity index is 3.02. The summed E-state index contributed by atoms with van der Waals surface area (Å²) in [6.07, 6.45) is 0.505. The van der Waals surface area contributed by atoms with Gasteiger partial charge in [0.25, 0.3) is 5.91 Å². The molecule has 0 heterocycles. The predicted octanol–water partition coefficient (Wildman–Crippen LogP) is 1.89. The van der Waals surface area contributed by atoms with Crippen LogP contribution in [0.25, 0.3) is 0 Å². The topological polar surface area (TPSA) is 126 Å². The molecular formula is C18H23F2N3O6S. The molecular weight excluding hydrogens is 424 g/mol. The van der Waals surface area contributed by atoms with Crippen LogP contribution in [0.5, 0.6) is 5.75 Å². The van der Waals surface area contributed by atoms with Gasteiger partial charge in [-0.1, -0.05) is 32.0 Å². The van der Waals surface area contributed by atoms with Gasteiger partial charge in [0.15, 0.2) is 16.0 Å². The zero-order chi connectivity index (χ0) is 22.9. The van der Waals surface area contributed by atoms with Crippen molar-refractivity contribution < 1.29 is 36.3 Å². The molecule has 0 fully saturated rings. The number of sulfone groups is 1. The van der Waals surface area contributed by atoms with Crippen LogP contribution in [0.3, 0.4) is 0 Å². The molecule has 0 aromatic heterocycles. The van der Waals surface area contributed by atoms with E-state index in [1.807, 2.05) is 0 Å². The normalized spacial score (nSPS) is 12.2. The average molecular weight is 447 g/mol. The first-order valence-corrected chi connectivity index (χ1v) is 10.6. The third kappa shape index (κ3) is 8.60. The minimum atomic E-state index is -4.11. The minimum Gasteiger partial charge on any atom is -0.449 e. The largest absolute Gasteiger partial charge is 0.449 e. The molecule has 1 N–H and O–H groups in total. The number of halogens is 2. The van der Waals surface area contributed by atoms with Gasteiger partial charge < -0.3 is 14.8 Å². The van der Waals surface area contributed by atoms with Gasteiger partial charge in [-0.25, -0.2) is 13.2 Å². The fourth-order valence-electron chi connectivity index (χ4n) is 2.27. The summed E-state index contributed by atoms with van der Waals surface area (Å²) in [6, 6.07) is 3.70. The van der Waals surface area contributed by atoms with Crippen molar-refractivity contribution in [1.82, 2.24) is 10.2 Å². The Hall–Kier alpha value is -2.94. The summed E-state index contributed by atoms with van der Waals surface area (Å²) < 4.78 is 59.5. The van der Waals surface area contributed by atoms with Crippen molar-refractivity contribution in [3.63, 3.8) is 0 Å². The van der Waals surface area contributed by atoms with Crippen molar-refractivity contribution in [2.75, 3.05) is 19.4 Å². The average Bonchev–Trinajstić information content (AvgIpc) is 2.65. The van der Waals surface area contributed by atoms with Gasteiger partial charge in [0, 0.05) is 12.6 Å². The standard InChI is InChI=1S/C18H23F2N3O6S/c1-12(2)8-28-18(25)22-14(16(24)23(3)11-21)10-30(26,27)9-13-6-4-5-7-15(13)29-17(19)20/h4-7,12,14,17H,8-10H2,1-3H3,(H,22,25)/t14-/m0/s1. The molecule has 0 bridgehead atoms. The van der Waals surface area contributed by atoms with Crippen LogP contribution in [0.1, 0.15) is 19.4 Å². The fourth-order valence-corrected chi connectivity index (χ4v) is 3.83.